The number of aliphatic carboxylic acids is 1. The first-order chi connectivity index (χ1) is 31.6. The number of carboxylic acids is 1. The van der Waals surface area contributed by atoms with Crippen molar-refractivity contribution in [1.82, 2.24) is 30.4 Å². The Morgan fingerprint density at radius 1 is 0.836 bits per heavy atom. The standard InChI is InChI=1S/C48H74N6O13/c1-12-30(6)43(35(65-10)27-39(58)53-25-17-20-34(53)44(66-11)31(7)45(60)49-33(48(63)64)26-32-18-14-13-15-19-32)52(9)47(62)41(28(2)3)50-46(61)42(29(4)5)51(8)36(55)21-16-22-40(59)67-54-37(56)23-24-38(54)57/h13-15,18-19,28-31,33-35,41-44H,12,16-17,20-27H2,1-11H3,(H,49,60)(H,50,61)(H,63,64)/t30?,31-,33+,34+,35-,41+,42+,43+,44-/m1/s1. The number of hydrogen-bond acceptors (Lipinski definition) is 12. The van der Waals surface area contributed by atoms with Gasteiger partial charge in [0.2, 0.25) is 29.5 Å². The van der Waals surface area contributed by atoms with Gasteiger partial charge >= 0.3 is 11.9 Å². The molecule has 0 aliphatic carbocycles. The van der Waals surface area contributed by atoms with E-state index in [4.69, 9.17) is 14.3 Å². The van der Waals surface area contributed by atoms with Crippen molar-refractivity contribution in [3.05, 3.63) is 35.9 Å². The van der Waals surface area contributed by atoms with Crippen LogP contribution in [0.3, 0.4) is 0 Å². The Labute approximate surface area is 394 Å². The van der Waals surface area contributed by atoms with E-state index in [9.17, 15) is 48.3 Å². The van der Waals surface area contributed by atoms with Gasteiger partial charge in [0.15, 0.2) is 0 Å². The molecule has 9 atom stereocenters. The Morgan fingerprint density at radius 3 is 2.00 bits per heavy atom. The van der Waals surface area contributed by atoms with Gasteiger partial charge in [-0.1, -0.05) is 85.2 Å². The average molecular weight is 943 g/mol. The summed E-state index contributed by atoms with van der Waals surface area (Å²) in [5.74, 6) is -7.18. The molecule has 0 saturated carbocycles. The molecule has 3 N–H and O–H groups in total. The van der Waals surface area contributed by atoms with Gasteiger partial charge in [0.25, 0.3) is 11.8 Å². The van der Waals surface area contributed by atoms with E-state index in [1.165, 1.54) is 31.1 Å². The van der Waals surface area contributed by atoms with E-state index in [2.05, 4.69) is 10.6 Å². The molecule has 1 aromatic carbocycles. The second kappa shape index (κ2) is 26.2. The van der Waals surface area contributed by atoms with E-state index in [1.54, 1.807) is 70.8 Å². The number of likely N-dealkylation sites (N-methyl/N-ethyl adjacent to an activating group) is 2. The molecule has 67 heavy (non-hydrogen) atoms. The molecule has 2 fully saturated rings. The van der Waals surface area contributed by atoms with Gasteiger partial charge in [-0.25, -0.2) is 9.59 Å². The largest absolute Gasteiger partial charge is 0.480 e. The zero-order valence-electron chi connectivity index (χ0n) is 41.2. The Kier molecular flexibility index (Phi) is 21.9. The van der Waals surface area contributed by atoms with Crippen molar-refractivity contribution in [2.75, 3.05) is 34.9 Å². The number of hydroxylamine groups is 2. The lowest BCUT2D eigenvalue weighted by molar-refractivity contribution is -0.197. The second-order valence-electron chi connectivity index (χ2n) is 18.5. The van der Waals surface area contributed by atoms with Crippen molar-refractivity contribution in [3.8, 4) is 0 Å². The number of benzene rings is 1. The van der Waals surface area contributed by atoms with Gasteiger partial charge in [-0.3, -0.25) is 33.6 Å². The number of carboxylic acid groups (broad SMARTS) is 1. The fraction of sp³-hybridized carbons (Fsp3) is 0.688. The van der Waals surface area contributed by atoms with Gasteiger partial charge in [0.1, 0.15) is 18.1 Å². The molecule has 2 heterocycles. The van der Waals surface area contributed by atoms with Crippen molar-refractivity contribution in [3.63, 3.8) is 0 Å². The minimum atomic E-state index is -1.17. The number of amides is 7. The number of rotatable bonds is 26. The third-order valence-electron chi connectivity index (χ3n) is 13.1. The van der Waals surface area contributed by atoms with E-state index in [0.29, 0.717) is 30.9 Å². The highest BCUT2D eigenvalue weighted by molar-refractivity contribution is 6.01. The van der Waals surface area contributed by atoms with Crippen LogP contribution in [0.1, 0.15) is 112 Å². The molecular weight excluding hydrogens is 869 g/mol. The topological polar surface area (TPSA) is 239 Å². The minimum Gasteiger partial charge on any atom is -0.480 e. The quantitative estimate of drug-likeness (QED) is 0.113. The number of methoxy groups -OCH3 is 2. The number of ether oxygens (including phenoxy) is 2. The van der Waals surface area contributed by atoms with Gasteiger partial charge < -0.3 is 44.8 Å². The van der Waals surface area contributed by atoms with Crippen LogP contribution in [0, 0.1) is 23.7 Å². The lowest BCUT2D eigenvalue weighted by Crippen LogP contribution is -2.60. The summed E-state index contributed by atoms with van der Waals surface area (Å²) in [7, 11) is 6.03. The van der Waals surface area contributed by atoms with E-state index in [1.807, 2.05) is 19.9 Å². The van der Waals surface area contributed by atoms with Gasteiger partial charge in [0.05, 0.1) is 36.6 Å². The maximum absolute atomic E-state index is 14.5. The molecular formula is C48H74N6O13. The number of carbonyl (C=O) groups excluding carboxylic acids is 8. The first-order valence-electron chi connectivity index (χ1n) is 23.4. The number of likely N-dealkylation sites (tertiary alicyclic amines) is 1. The molecule has 2 saturated heterocycles. The Bertz CT molecular complexity index is 1880. The van der Waals surface area contributed by atoms with E-state index >= 15 is 0 Å². The van der Waals surface area contributed by atoms with Crippen molar-refractivity contribution < 1.29 is 62.6 Å². The van der Waals surface area contributed by atoms with E-state index < -0.39 is 102 Å². The molecule has 0 radical (unpaired) electrons. The molecule has 1 unspecified atom stereocenters. The van der Waals surface area contributed by atoms with Gasteiger partial charge in [-0.2, -0.15) is 0 Å². The number of nitrogens with zero attached hydrogens (tertiary/aromatic N) is 4. The second-order valence-corrected chi connectivity index (χ2v) is 18.5. The summed E-state index contributed by atoms with van der Waals surface area (Å²) >= 11 is 0. The van der Waals surface area contributed by atoms with Gasteiger partial charge in [-0.15, -0.1) is 5.06 Å². The predicted molar refractivity (Wildman–Crippen MR) is 245 cm³/mol. The van der Waals surface area contributed by atoms with Gasteiger partial charge in [0, 0.05) is 67.0 Å². The summed E-state index contributed by atoms with van der Waals surface area (Å²) in [5.41, 5.74) is 0.753. The average Bonchev–Trinajstić information content (AvgIpc) is 3.90. The van der Waals surface area contributed by atoms with E-state index in [-0.39, 0.29) is 62.7 Å². The maximum atomic E-state index is 14.5. The maximum Gasteiger partial charge on any atom is 0.333 e. The Morgan fingerprint density at radius 2 is 1.46 bits per heavy atom. The fourth-order valence-corrected chi connectivity index (χ4v) is 9.08. The Hall–Kier alpha value is -5.43. The summed E-state index contributed by atoms with van der Waals surface area (Å²) in [6.07, 6.45) is -0.155. The highest BCUT2D eigenvalue weighted by Gasteiger charge is 2.44. The highest BCUT2D eigenvalue weighted by atomic mass is 16.7. The molecule has 0 bridgehead atoms. The lowest BCUT2D eigenvalue weighted by Gasteiger charge is -2.41. The van der Waals surface area contributed by atoms with Crippen LogP contribution in [0.15, 0.2) is 30.3 Å². The van der Waals surface area contributed by atoms with Crippen LogP contribution < -0.4 is 10.6 Å². The summed E-state index contributed by atoms with van der Waals surface area (Å²) in [4.78, 5) is 127. The third-order valence-corrected chi connectivity index (χ3v) is 13.1. The third kappa shape index (κ3) is 15.0. The molecule has 374 valence electrons. The first kappa shape index (κ1) is 55.9. The molecule has 1 aromatic rings. The number of imide groups is 1. The number of hydrogen-bond donors (Lipinski definition) is 3. The molecule has 3 rings (SSSR count). The summed E-state index contributed by atoms with van der Waals surface area (Å²) < 4.78 is 11.9. The molecule has 19 heteroatoms. The molecule has 7 amide bonds. The molecule has 0 spiro atoms. The van der Waals surface area contributed by atoms with Crippen LogP contribution in [0.4, 0.5) is 0 Å². The van der Waals surface area contributed by atoms with Crippen LogP contribution >= 0.6 is 0 Å². The lowest BCUT2D eigenvalue weighted by atomic mass is 9.89. The number of carbonyl (C=O) groups is 9. The van der Waals surface area contributed by atoms with Crippen molar-refractivity contribution >= 4 is 53.3 Å². The Balaban J connectivity index is 1.72. The summed E-state index contributed by atoms with van der Waals surface area (Å²) in [6, 6.07) is 4.68. The van der Waals surface area contributed by atoms with Crippen molar-refractivity contribution in [2.24, 2.45) is 23.7 Å². The van der Waals surface area contributed by atoms with Crippen LogP contribution in [0.25, 0.3) is 0 Å². The molecule has 19 nitrogen and oxygen atoms in total. The number of nitrogens with one attached hydrogen (secondary N) is 2. The molecule has 2 aliphatic heterocycles. The molecule has 0 aromatic heterocycles. The normalized spacial score (nSPS) is 18.7. The van der Waals surface area contributed by atoms with Crippen LogP contribution in [0.2, 0.25) is 0 Å². The summed E-state index contributed by atoms with van der Waals surface area (Å²) in [6.45, 7) is 13.1. The zero-order valence-corrected chi connectivity index (χ0v) is 41.2. The van der Waals surface area contributed by atoms with Crippen LogP contribution in [-0.2, 0) is 63.9 Å². The van der Waals surface area contributed by atoms with Crippen LogP contribution in [-0.4, -0.2) is 155 Å². The van der Waals surface area contributed by atoms with E-state index in [0.717, 1.165) is 5.56 Å². The van der Waals surface area contributed by atoms with Crippen molar-refractivity contribution in [1.29, 1.82) is 0 Å². The SMILES string of the molecule is CCC(C)[C@@H]([C@@H](CC(=O)N1CCC[C@H]1[C@H](OC)[C@@H](C)C(=O)N[C@@H](Cc1ccccc1)C(=O)O)OC)N(C)C(=O)[C@@H](NC(=O)[C@H](C(C)C)N(C)C(=O)CCCC(=O)ON1C(=O)CCC1=O)C(C)C. The summed E-state index contributed by atoms with van der Waals surface area (Å²) in [5, 5.41) is 15.9. The predicted octanol–water partition coefficient (Wildman–Crippen LogP) is 3.12. The molecule has 2 aliphatic rings. The zero-order chi connectivity index (χ0) is 50.3. The minimum absolute atomic E-state index is 0.0366. The van der Waals surface area contributed by atoms with Crippen LogP contribution in [0.5, 0.6) is 0 Å². The van der Waals surface area contributed by atoms with Crippen molar-refractivity contribution in [2.45, 2.75) is 155 Å². The first-order valence-corrected chi connectivity index (χ1v) is 23.4. The van der Waals surface area contributed by atoms with Gasteiger partial charge in [-0.05, 0) is 42.6 Å². The highest BCUT2D eigenvalue weighted by Crippen LogP contribution is 2.30. The fourth-order valence-electron chi connectivity index (χ4n) is 9.08. The monoisotopic (exact) mass is 943 g/mol. The smallest absolute Gasteiger partial charge is 0.333 e.